The number of ketones is 1. The number of hydrogen-bond donors (Lipinski definition) is 1. The number of carbonyl (C=O) groups is 1. The van der Waals surface area contributed by atoms with Gasteiger partial charge in [-0.25, -0.2) is 0 Å². The Morgan fingerprint density at radius 3 is 2.36 bits per heavy atom. The molecule has 0 bridgehead atoms. The maximum atomic E-state index is 11.6. The van der Waals surface area contributed by atoms with E-state index in [2.05, 4.69) is 6.58 Å². The molecule has 0 aromatic carbocycles. The van der Waals surface area contributed by atoms with Gasteiger partial charge in [-0.1, -0.05) is 5.57 Å². The molecule has 0 aliphatic rings. The first-order valence-corrected chi connectivity index (χ1v) is 4.25. The molecular formula is C9H14F3NO. The molecule has 0 radical (unpaired) electrons. The zero-order valence-electron chi connectivity index (χ0n) is 8.08. The first kappa shape index (κ1) is 13.2. The molecule has 0 amide bonds. The van der Waals surface area contributed by atoms with E-state index in [1.54, 1.807) is 6.92 Å². The Hall–Kier alpha value is -0.840. The smallest absolute Gasteiger partial charge is 0.302 e. The average molecular weight is 209 g/mol. The Morgan fingerprint density at radius 1 is 1.36 bits per heavy atom. The number of alkyl halides is 3. The van der Waals surface area contributed by atoms with Gasteiger partial charge in [0.05, 0.1) is 13.1 Å². The lowest BCUT2D eigenvalue weighted by Gasteiger charge is -2.07. The van der Waals surface area contributed by atoms with Crippen molar-refractivity contribution in [3.63, 3.8) is 0 Å². The largest absolute Gasteiger partial charge is 0.401 e. The van der Waals surface area contributed by atoms with Crippen molar-refractivity contribution in [2.45, 2.75) is 25.9 Å². The molecule has 0 fully saturated rings. The normalized spacial score (nSPS) is 11.4. The van der Waals surface area contributed by atoms with Crippen molar-refractivity contribution in [3.8, 4) is 0 Å². The van der Waals surface area contributed by atoms with Crippen molar-refractivity contribution in [3.05, 3.63) is 12.2 Å². The van der Waals surface area contributed by atoms with Crippen molar-refractivity contribution in [1.29, 1.82) is 0 Å². The first-order valence-electron chi connectivity index (χ1n) is 4.25. The minimum absolute atomic E-state index is 0.225. The predicted octanol–water partition coefficient (Wildman–Crippen LogP) is 2.06. The minimum atomic E-state index is -4.26. The number of allylic oxidation sites excluding steroid dienone is 1. The number of halogens is 3. The van der Waals surface area contributed by atoms with Gasteiger partial charge in [-0.3, -0.25) is 4.79 Å². The molecule has 5 heteroatoms. The van der Waals surface area contributed by atoms with Crippen LogP contribution in [0.2, 0.25) is 0 Å². The Balaban J connectivity index is 3.50. The van der Waals surface area contributed by atoms with Gasteiger partial charge in [0.2, 0.25) is 0 Å². The highest BCUT2D eigenvalue weighted by Gasteiger charge is 2.26. The van der Waals surface area contributed by atoms with Crippen molar-refractivity contribution in [2.24, 2.45) is 0 Å². The standard InChI is InChI=1S/C9H14F3NO/c1-7(2)3-4-8(14)5-13-6-9(10,11)12/h13H,1,3-6H2,2H3. The van der Waals surface area contributed by atoms with Crippen LogP contribution in [-0.4, -0.2) is 25.0 Å². The molecular weight excluding hydrogens is 195 g/mol. The Kier molecular flexibility index (Phi) is 5.45. The van der Waals surface area contributed by atoms with E-state index in [0.29, 0.717) is 6.42 Å². The zero-order chi connectivity index (χ0) is 11.2. The van der Waals surface area contributed by atoms with Crippen LogP contribution in [0, 0.1) is 0 Å². The fraction of sp³-hybridized carbons (Fsp3) is 0.667. The minimum Gasteiger partial charge on any atom is -0.302 e. The van der Waals surface area contributed by atoms with Crippen LogP contribution in [-0.2, 0) is 4.79 Å². The van der Waals surface area contributed by atoms with Gasteiger partial charge in [-0.15, -0.1) is 6.58 Å². The van der Waals surface area contributed by atoms with E-state index in [1.807, 2.05) is 5.32 Å². The molecule has 0 atom stereocenters. The van der Waals surface area contributed by atoms with E-state index in [1.165, 1.54) is 0 Å². The summed E-state index contributed by atoms with van der Waals surface area (Å²) in [5.41, 5.74) is 0.856. The molecule has 0 aliphatic carbocycles. The lowest BCUT2D eigenvalue weighted by Crippen LogP contribution is -2.32. The monoisotopic (exact) mass is 209 g/mol. The molecule has 82 valence electrons. The summed E-state index contributed by atoms with van der Waals surface area (Å²) in [5, 5.41) is 2.04. The van der Waals surface area contributed by atoms with Crippen LogP contribution in [0.25, 0.3) is 0 Å². The van der Waals surface area contributed by atoms with Gasteiger partial charge >= 0.3 is 6.18 Å². The van der Waals surface area contributed by atoms with Crippen molar-refractivity contribution < 1.29 is 18.0 Å². The second-order valence-electron chi connectivity index (χ2n) is 3.21. The molecule has 0 spiro atoms. The molecule has 0 aromatic heterocycles. The van der Waals surface area contributed by atoms with Gasteiger partial charge in [-0.2, -0.15) is 13.2 Å². The summed E-state index contributed by atoms with van der Waals surface area (Å²) in [4.78, 5) is 11.0. The van der Waals surface area contributed by atoms with Crippen molar-refractivity contribution in [1.82, 2.24) is 5.32 Å². The van der Waals surface area contributed by atoms with Gasteiger partial charge in [0.15, 0.2) is 0 Å². The summed E-state index contributed by atoms with van der Waals surface area (Å²) in [6.45, 7) is 4.02. The summed E-state index contributed by atoms with van der Waals surface area (Å²) >= 11 is 0. The van der Waals surface area contributed by atoms with E-state index < -0.39 is 12.7 Å². The van der Waals surface area contributed by atoms with Crippen LogP contribution in [0.5, 0.6) is 0 Å². The third kappa shape index (κ3) is 9.25. The second kappa shape index (κ2) is 5.80. The lowest BCUT2D eigenvalue weighted by molar-refractivity contribution is -0.127. The zero-order valence-corrected chi connectivity index (χ0v) is 8.08. The Morgan fingerprint density at radius 2 is 1.93 bits per heavy atom. The molecule has 0 saturated carbocycles. The molecule has 0 saturated heterocycles. The highest BCUT2D eigenvalue weighted by Crippen LogP contribution is 2.12. The third-order valence-electron chi connectivity index (χ3n) is 1.48. The molecule has 1 N–H and O–H groups in total. The molecule has 0 aromatic rings. The number of Topliss-reactive ketones (excluding diaryl/α,β-unsaturated/α-hetero) is 1. The van der Waals surface area contributed by atoms with E-state index in [0.717, 1.165) is 5.57 Å². The van der Waals surface area contributed by atoms with Gasteiger partial charge in [0, 0.05) is 6.42 Å². The van der Waals surface area contributed by atoms with E-state index >= 15 is 0 Å². The topological polar surface area (TPSA) is 29.1 Å². The number of hydrogen-bond acceptors (Lipinski definition) is 2. The summed E-state index contributed by atoms with van der Waals surface area (Å²) in [5.74, 6) is -0.225. The SMILES string of the molecule is C=C(C)CCC(=O)CNCC(F)(F)F. The lowest BCUT2D eigenvalue weighted by atomic mass is 10.1. The van der Waals surface area contributed by atoms with Crippen LogP contribution in [0.15, 0.2) is 12.2 Å². The quantitative estimate of drug-likeness (QED) is 0.678. The van der Waals surface area contributed by atoms with Crippen LogP contribution in [0.3, 0.4) is 0 Å². The van der Waals surface area contributed by atoms with Crippen LogP contribution in [0.1, 0.15) is 19.8 Å². The van der Waals surface area contributed by atoms with E-state index in [9.17, 15) is 18.0 Å². The van der Waals surface area contributed by atoms with Gasteiger partial charge < -0.3 is 5.32 Å². The van der Waals surface area contributed by atoms with Gasteiger partial charge in [0.25, 0.3) is 0 Å². The Bertz CT molecular complexity index is 211. The summed E-state index contributed by atoms with van der Waals surface area (Å²) in [6, 6.07) is 0. The van der Waals surface area contributed by atoms with Crippen LogP contribution >= 0.6 is 0 Å². The van der Waals surface area contributed by atoms with Crippen molar-refractivity contribution >= 4 is 5.78 Å². The summed E-state index contributed by atoms with van der Waals surface area (Å²) in [7, 11) is 0. The first-order chi connectivity index (χ1) is 6.31. The van der Waals surface area contributed by atoms with E-state index in [4.69, 9.17) is 0 Å². The molecule has 0 rings (SSSR count). The van der Waals surface area contributed by atoms with Crippen molar-refractivity contribution in [2.75, 3.05) is 13.1 Å². The summed E-state index contributed by atoms with van der Waals surface area (Å²) in [6.07, 6.45) is -3.47. The summed E-state index contributed by atoms with van der Waals surface area (Å²) < 4.78 is 34.9. The highest BCUT2D eigenvalue weighted by atomic mass is 19.4. The Labute approximate surface area is 81.2 Å². The molecule has 0 unspecified atom stereocenters. The van der Waals surface area contributed by atoms with Gasteiger partial charge in [-0.05, 0) is 13.3 Å². The van der Waals surface area contributed by atoms with Gasteiger partial charge in [0.1, 0.15) is 5.78 Å². The molecule has 14 heavy (non-hydrogen) atoms. The maximum absolute atomic E-state index is 11.6. The maximum Gasteiger partial charge on any atom is 0.401 e. The molecule has 0 heterocycles. The highest BCUT2D eigenvalue weighted by molar-refractivity contribution is 5.80. The number of nitrogens with one attached hydrogen (secondary N) is 1. The fourth-order valence-corrected chi connectivity index (χ4v) is 0.785. The number of carbonyl (C=O) groups excluding carboxylic acids is 1. The third-order valence-corrected chi connectivity index (χ3v) is 1.48. The molecule has 2 nitrogen and oxygen atoms in total. The van der Waals surface area contributed by atoms with Crippen LogP contribution < -0.4 is 5.32 Å². The fourth-order valence-electron chi connectivity index (χ4n) is 0.785. The number of rotatable bonds is 6. The van der Waals surface area contributed by atoms with Crippen LogP contribution in [0.4, 0.5) is 13.2 Å². The van der Waals surface area contributed by atoms with E-state index in [-0.39, 0.29) is 18.7 Å². The molecule has 0 aliphatic heterocycles. The average Bonchev–Trinajstić information content (AvgIpc) is 1.98. The predicted molar refractivity (Wildman–Crippen MR) is 48.0 cm³/mol. The second-order valence-corrected chi connectivity index (χ2v) is 3.21.